The number of anilines is 2. The first-order valence-corrected chi connectivity index (χ1v) is 12.7. The molecule has 1 aliphatic carbocycles. The molecular weight excluding hydrogens is 448 g/mol. The summed E-state index contributed by atoms with van der Waals surface area (Å²) in [6, 6.07) is 22.1. The van der Waals surface area contributed by atoms with Gasteiger partial charge >= 0.3 is 0 Å². The molecular formula is C29H34N6O. The maximum absolute atomic E-state index is 13.4. The van der Waals surface area contributed by atoms with Crippen LogP contribution in [-0.4, -0.2) is 22.6 Å². The van der Waals surface area contributed by atoms with E-state index in [-0.39, 0.29) is 17.9 Å². The van der Waals surface area contributed by atoms with Crippen LogP contribution in [0.1, 0.15) is 42.9 Å². The van der Waals surface area contributed by atoms with E-state index in [0.717, 1.165) is 58.8 Å². The van der Waals surface area contributed by atoms with E-state index in [2.05, 4.69) is 33.7 Å². The highest BCUT2D eigenvalue weighted by Gasteiger charge is 2.28. The number of nitrogens with one attached hydrogen (secondary N) is 2. The first kappa shape index (κ1) is 23.9. The van der Waals surface area contributed by atoms with Crippen LogP contribution in [0, 0.1) is 11.8 Å². The summed E-state index contributed by atoms with van der Waals surface area (Å²) in [7, 11) is 0. The van der Waals surface area contributed by atoms with E-state index >= 15 is 0 Å². The van der Waals surface area contributed by atoms with Crippen LogP contribution in [-0.2, 0) is 11.2 Å². The molecule has 4 aromatic rings. The summed E-state index contributed by atoms with van der Waals surface area (Å²) in [6.45, 7) is 0.702. The number of aromatic amines is 1. The SMILES string of the molecule is NC[C@H]1CC[C@H](C(=O)NC(Cc2ccccc2)c2cc(N)cc(-c3ccc4c(N)n[nH]c4c3)c2)CC1. The lowest BCUT2D eigenvalue weighted by Crippen LogP contribution is -2.37. The van der Waals surface area contributed by atoms with Gasteiger partial charge in [-0.15, -0.1) is 0 Å². The summed E-state index contributed by atoms with van der Waals surface area (Å²) in [4.78, 5) is 13.4. The van der Waals surface area contributed by atoms with Gasteiger partial charge in [0.1, 0.15) is 0 Å². The topological polar surface area (TPSA) is 136 Å². The van der Waals surface area contributed by atoms with E-state index in [1.807, 2.05) is 48.5 Å². The van der Waals surface area contributed by atoms with Gasteiger partial charge in [-0.3, -0.25) is 9.89 Å². The zero-order valence-corrected chi connectivity index (χ0v) is 20.4. The molecule has 7 heteroatoms. The van der Waals surface area contributed by atoms with Crippen molar-refractivity contribution < 1.29 is 4.79 Å². The third-order valence-electron chi connectivity index (χ3n) is 7.46. The van der Waals surface area contributed by atoms with Gasteiger partial charge in [-0.1, -0.05) is 36.4 Å². The highest BCUT2D eigenvalue weighted by molar-refractivity contribution is 5.92. The molecule has 5 rings (SSSR count). The average molecular weight is 483 g/mol. The maximum Gasteiger partial charge on any atom is 0.223 e. The monoisotopic (exact) mass is 482 g/mol. The molecule has 36 heavy (non-hydrogen) atoms. The van der Waals surface area contributed by atoms with Crippen LogP contribution >= 0.6 is 0 Å². The van der Waals surface area contributed by atoms with Crippen molar-refractivity contribution >= 4 is 28.3 Å². The van der Waals surface area contributed by atoms with Gasteiger partial charge in [0.15, 0.2) is 5.82 Å². The Morgan fingerprint density at radius 2 is 1.75 bits per heavy atom. The van der Waals surface area contributed by atoms with Gasteiger partial charge in [0.25, 0.3) is 0 Å². The molecule has 0 bridgehead atoms. The van der Waals surface area contributed by atoms with Gasteiger partial charge in [-0.25, -0.2) is 0 Å². The molecule has 0 aliphatic heterocycles. The lowest BCUT2D eigenvalue weighted by molar-refractivity contribution is -0.127. The molecule has 1 amide bonds. The Kier molecular flexibility index (Phi) is 6.91. The molecule has 1 saturated carbocycles. The molecule has 8 N–H and O–H groups in total. The highest BCUT2D eigenvalue weighted by Crippen LogP contribution is 2.32. The van der Waals surface area contributed by atoms with Gasteiger partial charge in [0, 0.05) is 17.0 Å². The summed E-state index contributed by atoms with van der Waals surface area (Å²) in [5, 5.41) is 11.3. The zero-order chi connectivity index (χ0) is 25.1. The predicted octanol–water partition coefficient (Wildman–Crippen LogP) is 4.56. The van der Waals surface area contributed by atoms with Crippen molar-refractivity contribution in [3.05, 3.63) is 77.9 Å². The maximum atomic E-state index is 13.4. The second kappa shape index (κ2) is 10.4. The van der Waals surface area contributed by atoms with Crippen LogP contribution in [0.5, 0.6) is 0 Å². The van der Waals surface area contributed by atoms with Crippen molar-refractivity contribution in [3.8, 4) is 11.1 Å². The van der Waals surface area contributed by atoms with Crippen molar-refractivity contribution in [3.63, 3.8) is 0 Å². The van der Waals surface area contributed by atoms with Crippen LogP contribution in [0.15, 0.2) is 66.7 Å². The van der Waals surface area contributed by atoms with E-state index in [0.29, 0.717) is 30.4 Å². The van der Waals surface area contributed by atoms with E-state index < -0.39 is 0 Å². The highest BCUT2D eigenvalue weighted by atomic mass is 16.1. The number of nitrogens with two attached hydrogens (primary N) is 3. The van der Waals surface area contributed by atoms with Crippen molar-refractivity contribution in [1.82, 2.24) is 15.5 Å². The lowest BCUT2D eigenvalue weighted by Gasteiger charge is -2.29. The van der Waals surface area contributed by atoms with E-state index in [1.165, 1.54) is 0 Å². The lowest BCUT2D eigenvalue weighted by atomic mass is 9.81. The molecule has 1 heterocycles. The number of nitrogens with zero attached hydrogens (tertiary/aromatic N) is 1. The number of aromatic nitrogens is 2. The Balaban J connectivity index is 1.45. The summed E-state index contributed by atoms with van der Waals surface area (Å²) >= 11 is 0. The third kappa shape index (κ3) is 5.21. The summed E-state index contributed by atoms with van der Waals surface area (Å²) in [5.41, 5.74) is 23.8. The van der Waals surface area contributed by atoms with Crippen LogP contribution < -0.4 is 22.5 Å². The third-order valence-corrected chi connectivity index (χ3v) is 7.46. The zero-order valence-electron chi connectivity index (χ0n) is 20.4. The second-order valence-corrected chi connectivity index (χ2v) is 9.96. The second-order valence-electron chi connectivity index (χ2n) is 9.96. The van der Waals surface area contributed by atoms with Crippen LogP contribution in [0.3, 0.4) is 0 Å². The smallest absolute Gasteiger partial charge is 0.223 e. The number of fused-ring (bicyclic) bond motifs is 1. The van der Waals surface area contributed by atoms with Crippen molar-refractivity contribution in [2.24, 2.45) is 17.6 Å². The minimum absolute atomic E-state index is 0.0276. The van der Waals surface area contributed by atoms with Crippen molar-refractivity contribution in [2.45, 2.75) is 38.1 Å². The number of H-pyrrole nitrogens is 1. The number of benzene rings is 3. The molecule has 0 radical (unpaired) electrons. The number of nitrogen functional groups attached to an aromatic ring is 2. The van der Waals surface area contributed by atoms with Gasteiger partial charge in [0.2, 0.25) is 5.91 Å². The Morgan fingerprint density at radius 1 is 0.972 bits per heavy atom. The van der Waals surface area contributed by atoms with Gasteiger partial charge in [0.05, 0.1) is 11.6 Å². The average Bonchev–Trinajstić information content (AvgIpc) is 3.28. The van der Waals surface area contributed by atoms with Crippen LogP contribution in [0.2, 0.25) is 0 Å². The van der Waals surface area contributed by atoms with E-state index in [4.69, 9.17) is 17.2 Å². The number of hydrogen-bond donors (Lipinski definition) is 5. The van der Waals surface area contributed by atoms with Gasteiger partial charge in [-0.2, -0.15) is 5.10 Å². The Bertz CT molecular complexity index is 1340. The van der Waals surface area contributed by atoms with Crippen LogP contribution in [0.4, 0.5) is 11.5 Å². The van der Waals surface area contributed by atoms with E-state index in [1.54, 1.807) is 0 Å². The molecule has 0 spiro atoms. The molecule has 186 valence electrons. The minimum Gasteiger partial charge on any atom is -0.399 e. The normalized spacial score (nSPS) is 18.7. The summed E-state index contributed by atoms with van der Waals surface area (Å²) in [5.74, 6) is 1.16. The van der Waals surface area contributed by atoms with E-state index in [9.17, 15) is 4.79 Å². The summed E-state index contributed by atoms with van der Waals surface area (Å²) < 4.78 is 0. The number of amides is 1. The van der Waals surface area contributed by atoms with Gasteiger partial charge < -0.3 is 22.5 Å². The summed E-state index contributed by atoms with van der Waals surface area (Å²) in [6.07, 6.45) is 4.49. The predicted molar refractivity (Wildman–Crippen MR) is 146 cm³/mol. The van der Waals surface area contributed by atoms with Crippen molar-refractivity contribution in [1.29, 1.82) is 0 Å². The van der Waals surface area contributed by atoms with Crippen LogP contribution in [0.25, 0.3) is 22.0 Å². The first-order valence-electron chi connectivity index (χ1n) is 12.7. The quantitative estimate of drug-likeness (QED) is 0.246. The Hall–Kier alpha value is -3.84. The Labute approximate surface area is 211 Å². The number of carbonyl (C=O) groups excluding carboxylic acids is 1. The molecule has 1 fully saturated rings. The number of carbonyl (C=O) groups is 1. The standard InChI is InChI=1S/C29H34N6O/c30-17-19-6-8-20(9-7-19)29(36)33-26(12-18-4-2-1-3-5-18)23-13-22(14-24(31)15-23)21-10-11-25-27(16-21)34-35-28(25)32/h1-5,10-11,13-16,19-20,26H,6-9,12,17,30-31H2,(H,33,36)(H3,32,34,35)/t19-,20-,26?. The number of rotatable bonds is 7. The molecule has 1 aromatic heterocycles. The first-order chi connectivity index (χ1) is 17.5. The number of hydrogen-bond acceptors (Lipinski definition) is 5. The Morgan fingerprint density at radius 3 is 2.50 bits per heavy atom. The molecule has 0 saturated heterocycles. The molecule has 3 aromatic carbocycles. The molecule has 7 nitrogen and oxygen atoms in total. The molecule has 1 aliphatic rings. The van der Waals surface area contributed by atoms with Crippen molar-refractivity contribution in [2.75, 3.05) is 18.0 Å². The fraction of sp³-hybridized carbons (Fsp3) is 0.310. The molecule has 1 atom stereocenters. The molecule has 1 unspecified atom stereocenters. The fourth-order valence-corrected chi connectivity index (χ4v) is 5.32. The fourth-order valence-electron chi connectivity index (χ4n) is 5.32. The largest absolute Gasteiger partial charge is 0.399 e. The van der Waals surface area contributed by atoms with Gasteiger partial charge in [-0.05, 0) is 97.2 Å². The minimum atomic E-state index is -0.194.